The van der Waals surface area contributed by atoms with Gasteiger partial charge < -0.3 is 9.47 Å². The van der Waals surface area contributed by atoms with Gasteiger partial charge in [0.2, 0.25) is 0 Å². The number of carbonyl (C=O) groups excluding carboxylic acids is 1. The van der Waals surface area contributed by atoms with E-state index in [0.717, 1.165) is 12.8 Å². The Morgan fingerprint density at radius 1 is 1.31 bits per heavy atom. The van der Waals surface area contributed by atoms with Gasteiger partial charge in [-0.15, -0.1) is 0 Å². The van der Waals surface area contributed by atoms with Crippen LogP contribution in [0, 0.1) is 5.92 Å². The number of hydrogen-bond acceptors (Lipinski definition) is 3. The van der Waals surface area contributed by atoms with Crippen LogP contribution in [-0.4, -0.2) is 25.8 Å². The minimum Gasteiger partial charge on any atom is -0.463 e. The van der Waals surface area contributed by atoms with Crippen molar-refractivity contribution in [2.24, 2.45) is 5.92 Å². The lowest BCUT2D eigenvalue weighted by Gasteiger charge is -2.14. The fourth-order valence-electron chi connectivity index (χ4n) is 0.837. The van der Waals surface area contributed by atoms with Gasteiger partial charge in [0.05, 0.1) is 12.0 Å². The molecule has 2 unspecified atom stereocenters. The molecule has 0 aliphatic carbocycles. The van der Waals surface area contributed by atoms with Crippen molar-refractivity contribution in [2.45, 2.75) is 39.7 Å². The lowest BCUT2D eigenvalue weighted by molar-refractivity contribution is -0.151. The van der Waals surface area contributed by atoms with Crippen molar-refractivity contribution in [3.05, 3.63) is 0 Å². The summed E-state index contributed by atoms with van der Waals surface area (Å²) in [5.74, 6) is -0.132. The second-order valence-corrected chi connectivity index (χ2v) is 3.21. The summed E-state index contributed by atoms with van der Waals surface area (Å²) in [5.41, 5.74) is 0. The van der Waals surface area contributed by atoms with Gasteiger partial charge in [0.15, 0.2) is 0 Å². The molecule has 3 heteroatoms. The highest BCUT2D eigenvalue weighted by Crippen LogP contribution is 2.05. The van der Waals surface area contributed by atoms with Crippen LogP contribution in [0.15, 0.2) is 0 Å². The van der Waals surface area contributed by atoms with Crippen LogP contribution in [0.25, 0.3) is 0 Å². The minimum atomic E-state index is -0.127. The van der Waals surface area contributed by atoms with Gasteiger partial charge in [-0.1, -0.05) is 20.8 Å². The summed E-state index contributed by atoms with van der Waals surface area (Å²) >= 11 is 0. The lowest BCUT2D eigenvalue weighted by atomic mass is 10.1. The normalized spacial score (nSPS) is 15.1. The maximum absolute atomic E-state index is 11.2. The second kappa shape index (κ2) is 6.89. The third-order valence-electron chi connectivity index (χ3n) is 2.21. The third kappa shape index (κ3) is 4.88. The SMILES string of the molecule is CCC(COC(=O)C(C)CC)OC. The average Bonchev–Trinajstić information content (AvgIpc) is 2.17. The first-order valence-corrected chi connectivity index (χ1v) is 4.85. The Morgan fingerprint density at radius 2 is 1.92 bits per heavy atom. The first-order chi connectivity index (χ1) is 6.15. The zero-order chi connectivity index (χ0) is 10.3. The van der Waals surface area contributed by atoms with Gasteiger partial charge in [-0.05, 0) is 12.8 Å². The molecule has 0 radical (unpaired) electrons. The highest BCUT2D eigenvalue weighted by atomic mass is 16.6. The Bertz CT molecular complexity index is 141. The molecule has 0 spiro atoms. The van der Waals surface area contributed by atoms with Crippen LogP contribution < -0.4 is 0 Å². The molecule has 0 aliphatic rings. The summed E-state index contributed by atoms with van der Waals surface area (Å²) in [5, 5.41) is 0. The van der Waals surface area contributed by atoms with Gasteiger partial charge in [0.25, 0.3) is 0 Å². The predicted octanol–water partition coefficient (Wildman–Crippen LogP) is 2.00. The van der Waals surface area contributed by atoms with Gasteiger partial charge in [-0.3, -0.25) is 4.79 Å². The summed E-state index contributed by atoms with van der Waals surface area (Å²) in [4.78, 5) is 11.2. The molecule has 78 valence electrons. The third-order valence-corrected chi connectivity index (χ3v) is 2.21. The zero-order valence-electron chi connectivity index (χ0n) is 9.00. The molecule has 0 rings (SSSR count). The molecule has 0 aromatic heterocycles. The van der Waals surface area contributed by atoms with Crippen LogP contribution in [0.5, 0.6) is 0 Å². The molecular weight excluding hydrogens is 168 g/mol. The average molecular weight is 188 g/mol. The van der Waals surface area contributed by atoms with Crippen molar-refractivity contribution < 1.29 is 14.3 Å². The molecule has 0 amide bonds. The van der Waals surface area contributed by atoms with Crippen LogP contribution in [0.1, 0.15) is 33.6 Å². The molecule has 0 aromatic rings. The Balaban J connectivity index is 3.68. The van der Waals surface area contributed by atoms with Crippen molar-refractivity contribution in [1.29, 1.82) is 0 Å². The molecule has 3 nitrogen and oxygen atoms in total. The van der Waals surface area contributed by atoms with Gasteiger partial charge in [0, 0.05) is 7.11 Å². The molecule has 0 N–H and O–H groups in total. The number of ether oxygens (including phenoxy) is 2. The fraction of sp³-hybridized carbons (Fsp3) is 0.900. The molecule has 0 saturated carbocycles. The molecule has 13 heavy (non-hydrogen) atoms. The van der Waals surface area contributed by atoms with Crippen molar-refractivity contribution in [2.75, 3.05) is 13.7 Å². The summed E-state index contributed by atoms with van der Waals surface area (Å²) in [6.45, 7) is 6.22. The highest BCUT2D eigenvalue weighted by molar-refractivity contribution is 5.71. The largest absolute Gasteiger partial charge is 0.463 e. The summed E-state index contributed by atoms with van der Waals surface area (Å²) in [6, 6.07) is 0. The lowest BCUT2D eigenvalue weighted by Crippen LogP contribution is -2.23. The zero-order valence-corrected chi connectivity index (χ0v) is 9.00. The van der Waals surface area contributed by atoms with Crippen LogP contribution in [0.4, 0.5) is 0 Å². The maximum atomic E-state index is 11.2. The van der Waals surface area contributed by atoms with Crippen molar-refractivity contribution in [3.63, 3.8) is 0 Å². The molecular formula is C10H20O3. The van der Waals surface area contributed by atoms with Crippen LogP contribution in [-0.2, 0) is 14.3 Å². The first kappa shape index (κ1) is 12.4. The van der Waals surface area contributed by atoms with Crippen molar-refractivity contribution in [3.8, 4) is 0 Å². The van der Waals surface area contributed by atoms with Gasteiger partial charge >= 0.3 is 5.97 Å². The van der Waals surface area contributed by atoms with Crippen LogP contribution in [0.2, 0.25) is 0 Å². The minimum absolute atomic E-state index is 0.00522. The van der Waals surface area contributed by atoms with E-state index in [2.05, 4.69) is 0 Å². The fourth-order valence-corrected chi connectivity index (χ4v) is 0.837. The molecule has 0 saturated heterocycles. The van der Waals surface area contributed by atoms with Crippen molar-refractivity contribution in [1.82, 2.24) is 0 Å². The van der Waals surface area contributed by atoms with Crippen molar-refractivity contribution >= 4 is 5.97 Å². The van der Waals surface area contributed by atoms with Gasteiger partial charge in [-0.2, -0.15) is 0 Å². The molecule has 0 aromatic carbocycles. The second-order valence-electron chi connectivity index (χ2n) is 3.21. The number of esters is 1. The van der Waals surface area contributed by atoms with E-state index in [0.29, 0.717) is 6.61 Å². The number of methoxy groups -OCH3 is 1. The monoisotopic (exact) mass is 188 g/mol. The van der Waals surface area contributed by atoms with E-state index >= 15 is 0 Å². The number of rotatable bonds is 6. The summed E-state index contributed by atoms with van der Waals surface area (Å²) < 4.78 is 10.2. The van der Waals surface area contributed by atoms with E-state index in [4.69, 9.17) is 9.47 Å². The van der Waals surface area contributed by atoms with Crippen LogP contribution in [0.3, 0.4) is 0 Å². The number of hydrogen-bond donors (Lipinski definition) is 0. The summed E-state index contributed by atoms with van der Waals surface area (Å²) in [7, 11) is 1.63. The van der Waals surface area contributed by atoms with E-state index < -0.39 is 0 Å². The first-order valence-electron chi connectivity index (χ1n) is 4.85. The quantitative estimate of drug-likeness (QED) is 0.598. The molecule has 0 bridgehead atoms. The summed E-state index contributed by atoms with van der Waals surface area (Å²) in [6.07, 6.45) is 1.72. The standard InChI is InChI=1S/C10H20O3/c1-5-8(3)10(11)13-7-9(6-2)12-4/h8-9H,5-7H2,1-4H3. The number of carbonyl (C=O) groups is 1. The van der Waals surface area contributed by atoms with Gasteiger partial charge in [0.1, 0.15) is 6.61 Å². The predicted molar refractivity (Wildman–Crippen MR) is 51.5 cm³/mol. The van der Waals surface area contributed by atoms with Crippen LogP contribution >= 0.6 is 0 Å². The van der Waals surface area contributed by atoms with Gasteiger partial charge in [-0.25, -0.2) is 0 Å². The molecule has 0 aliphatic heterocycles. The highest BCUT2D eigenvalue weighted by Gasteiger charge is 2.14. The molecule has 0 heterocycles. The maximum Gasteiger partial charge on any atom is 0.308 e. The topological polar surface area (TPSA) is 35.5 Å². The van der Waals surface area contributed by atoms with E-state index in [-0.39, 0.29) is 18.0 Å². The van der Waals surface area contributed by atoms with E-state index in [1.165, 1.54) is 0 Å². The van der Waals surface area contributed by atoms with E-state index in [9.17, 15) is 4.79 Å². The molecule has 0 fully saturated rings. The Kier molecular flexibility index (Phi) is 6.59. The Morgan fingerprint density at radius 3 is 2.31 bits per heavy atom. The van der Waals surface area contributed by atoms with E-state index in [1.807, 2.05) is 20.8 Å². The molecule has 2 atom stereocenters. The van der Waals surface area contributed by atoms with E-state index in [1.54, 1.807) is 7.11 Å². The Labute approximate surface area is 80.4 Å². The Hall–Kier alpha value is -0.570. The smallest absolute Gasteiger partial charge is 0.308 e.